The highest BCUT2D eigenvalue weighted by atomic mass is 79.9. The maximum Gasteiger partial charge on any atom is 0.367 e. The van der Waals surface area contributed by atoms with Crippen molar-refractivity contribution < 1.29 is 4.79 Å². The van der Waals surface area contributed by atoms with E-state index in [1.807, 2.05) is 24.3 Å². The number of benzene rings is 1. The normalized spacial score (nSPS) is 14.8. The van der Waals surface area contributed by atoms with Crippen molar-refractivity contribution in [3.8, 4) is 0 Å². The van der Waals surface area contributed by atoms with E-state index in [1.165, 1.54) is 6.21 Å². The molecule has 1 aliphatic heterocycles. The van der Waals surface area contributed by atoms with Gasteiger partial charge in [0.05, 0.1) is 11.9 Å². The Morgan fingerprint density at radius 3 is 2.77 bits per heavy atom. The Hall–Kier alpha value is -1.29. The third kappa shape index (κ3) is 1.72. The zero-order valence-electron chi connectivity index (χ0n) is 6.57. The summed E-state index contributed by atoms with van der Waals surface area (Å²) < 4.78 is 0.959. The van der Waals surface area contributed by atoms with Crippen molar-refractivity contribution in [1.82, 2.24) is 0 Å². The molecule has 0 N–H and O–H groups in total. The van der Waals surface area contributed by atoms with Gasteiger partial charge in [0.1, 0.15) is 0 Å². The van der Waals surface area contributed by atoms with Crippen LogP contribution in [0.25, 0.3) is 0 Å². The second-order valence-corrected chi connectivity index (χ2v) is 3.46. The van der Waals surface area contributed by atoms with Crippen molar-refractivity contribution in [2.24, 2.45) is 9.98 Å². The van der Waals surface area contributed by atoms with E-state index in [-0.39, 0.29) is 0 Å². The second kappa shape index (κ2) is 3.22. The first-order valence-electron chi connectivity index (χ1n) is 3.68. The van der Waals surface area contributed by atoms with Gasteiger partial charge in [-0.05, 0) is 12.1 Å². The Kier molecular flexibility index (Phi) is 2.06. The number of hydrogen-bond donors (Lipinski definition) is 0. The summed E-state index contributed by atoms with van der Waals surface area (Å²) in [6.07, 6.45) is 1.48. The minimum atomic E-state index is -0.435. The fourth-order valence-electron chi connectivity index (χ4n) is 1.06. The summed E-state index contributed by atoms with van der Waals surface area (Å²) in [6.45, 7) is 0. The van der Waals surface area contributed by atoms with Gasteiger partial charge in [-0.1, -0.05) is 28.1 Å². The second-order valence-electron chi connectivity index (χ2n) is 2.55. The summed E-state index contributed by atoms with van der Waals surface area (Å²) in [5, 5.41) is 0. The van der Waals surface area contributed by atoms with Crippen molar-refractivity contribution in [2.75, 3.05) is 0 Å². The van der Waals surface area contributed by atoms with Crippen LogP contribution in [0.4, 0.5) is 4.79 Å². The van der Waals surface area contributed by atoms with Crippen molar-refractivity contribution in [1.29, 1.82) is 0 Å². The molecule has 1 heterocycles. The lowest BCUT2D eigenvalue weighted by Gasteiger charge is -1.96. The molecule has 0 saturated heterocycles. The first kappa shape index (κ1) is 8.31. The molecule has 3 nitrogen and oxygen atoms in total. The first-order valence-corrected chi connectivity index (χ1v) is 4.48. The van der Waals surface area contributed by atoms with Crippen LogP contribution >= 0.6 is 15.9 Å². The Bertz CT molecular complexity index is 423. The SMILES string of the molecule is O=C1N=CC(c2cccc(Br)c2)=N1. The number of aliphatic imine (C=N–C) groups is 2. The van der Waals surface area contributed by atoms with E-state index in [0.717, 1.165) is 10.0 Å². The van der Waals surface area contributed by atoms with E-state index in [9.17, 15) is 4.79 Å². The number of carbonyl (C=O) groups excluding carboxylic acids is 1. The van der Waals surface area contributed by atoms with Gasteiger partial charge in [0.15, 0.2) is 0 Å². The number of rotatable bonds is 1. The van der Waals surface area contributed by atoms with Crippen LogP contribution in [0.1, 0.15) is 5.56 Å². The minimum absolute atomic E-state index is 0.435. The van der Waals surface area contributed by atoms with Gasteiger partial charge in [0, 0.05) is 10.0 Å². The van der Waals surface area contributed by atoms with Gasteiger partial charge >= 0.3 is 6.03 Å². The average Bonchev–Trinajstić information content (AvgIpc) is 2.52. The number of nitrogens with zero attached hydrogens (tertiary/aromatic N) is 2. The van der Waals surface area contributed by atoms with E-state index in [1.54, 1.807) is 0 Å². The van der Waals surface area contributed by atoms with Gasteiger partial charge in [-0.15, -0.1) is 0 Å². The predicted octanol–water partition coefficient (Wildman–Crippen LogP) is 2.44. The molecule has 0 radical (unpaired) electrons. The fourth-order valence-corrected chi connectivity index (χ4v) is 1.46. The number of urea groups is 1. The van der Waals surface area contributed by atoms with Crippen molar-refractivity contribution in [2.45, 2.75) is 0 Å². The summed E-state index contributed by atoms with van der Waals surface area (Å²) in [4.78, 5) is 18.0. The lowest BCUT2D eigenvalue weighted by molar-refractivity contribution is 0.257. The smallest absolute Gasteiger partial charge is 0.244 e. The molecule has 1 aromatic rings. The van der Waals surface area contributed by atoms with Crippen LogP contribution in [-0.4, -0.2) is 18.0 Å². The van der Waals surface area contributed by atoms with Gasteiger partial charge in [-0.3, -0.25) is 0 Å². The maximum atomic E-state index is 10.7. The number of halogens is 1. The minimum Gasteiger partial charge on any atom is -0.244 e. The highest BCUT2D eigenvalue weighted by Crippen LogP contribution is 2.13. The van der Waals surface area contributed by atoms with E-state index in [4.69, 9.17) is 0 Å². The largest absolute Gasteiger partial charge is 0.367 e. The Morgan fingerprint density at radius 1 is 1.31 bits per heavy atom. The van der Waals surface area contributed by atoms with Crippen LogP contribution in [0.5, 0.6) is 0 Å². The lowest BCUT2D eigenvalue weighted by atomic mass is 10.1. The molecule has 1 aromatic carbocycles. The molecule has 0 bridgehead atoms. The summed E-state index contributed by atoms with van der Waals surface area (Å²) >= 11 is 3.34. The quantitative estimate of drug-likeness (QED) is 0.739. The molecule has 0 spiro atoms. The molecule has 0 fully saturated rings. The van der Waals surface area contributed by atoms with Crippen LogP contribution in [0.3, 0.4) is 0 Å². The number of amides is 2. The predicted molar refractivity (Wildman–Crippen MR) is 54.6 cm³/mol. The zero-order chi connectivity index (χ0) is 9.26. The standard InChI is InChI=1S/C9H5BrN2O/c10-7-3-1-2-6(4-7)8-5-11-9(13)12-8/h1-5H. The molecular formula is C9H5BrN2O. The maximum absolute atomic E-state index is 10.7. The molecule has 0 unspecified atom stereocenters. The van der Waals surface area contributed by atoms with Gasteiger partial charge in [-0.2, -0.15) is 9.98 Å². The van der Waals surface area contributed by atoms with Gasteiger partial charge in [0.2, 0.25) is 0 Å². The third-order valence-electron chi connectivity index (χ3n) is 1.63. The number of hydrogen-bond acceptors (Lipinski definition) is 1. The Balaban J connectivity index is 2.42. The van der Waals surface area contributed by atoms with Gasteiger partial charge in [0.25, 0.3) is 0 Å². The first-order chi connectivity index (χ1) is 6.25. The Labute approximate surface area is 83.3 Å². The molecule has 13 heavy (non-hydrogen) atoms. The van der Waals surface area contributed by atoms with Crippen LogP contribution in [-0.2, 0) is 0 Å². The molecule has 1 aliphatic rings. The third-order valence-corrected chi connectivity index (χ3v) is 2.13. The fraction of sp³-hybridized carbons (Fsp3) is 0. The lowest BCUT2D eigenvalue weighted by Crippen LogP contribution is -1.98. The van der Waals surface area contributed by atoms with Crippen LogP contribution in [0.2, 0.25) is 0 Å². The van der Waals surface area contributed by atoms with E-state index < -0.39 is 6.03 Å². The van der Waals surface area contributed by atoms with Crippen molar-refractivity contribution in [3.63, 3.8) is 0 Å². The van der Waals surface area contributed by atoms with Crippen molar-refractivity contribution in [3.05, 3.63) is 34.3 Å². The molecule has 0 aromatic heterocycles. The average molecular weight is 237 g/mol. The van der Waals surface area contributed by atoms with Crippen LogP contribution < -0.4 is 0 Å². The molecular weight excluding hydrogens is 232 g/mol. The molecule has 2 amide bonds. The highest BCUT2D eigenvalue weighted by molar-refractivity contribution is 9.10. The topological polar surface area (TPSA) is 41.8 Å². The number of carbonyl (C=O) groups is 1. The van der Waals surface area contributed by atoms with Crippen LogP contribution in [0.15, 0.2) is 38.7 Å². The summed E-state index contributed by atoms with van der Waals surface area (Å²) in [5.41, 5.74) is 1.51. The van der Waals surface area contributed by atoms with E-state index >= 15 is 0 Å². The molecule has 2 rings (SSSR count). The summed E-state index contributed by atoms with van der Waals surface area (Å²) in [5.74, 6) is 0. The summed E-state index contributed by atoms with van der Waals surface area (Å²) in [6, 6.07) is 7.14. The highest BCUT2D eigenvalue weighted by Gasteiger charge is 2.09. The molecule has 0 aliphatic carbocycles. The molecule has 0 atom stereocenters. The van der Waals surface area contributed by atoms with Crippen LogP contribution in [0, 0.1) is 0 Å². The van der Waals surface area contributed by atoms with Gasteiger partial charge < -0.3 is 0 Å². The molecule has 4 heteroatoms. The van der Waals surface area contributed by atoms with Crippen molar-refractivity contribution >= 4 is 33.9 Å². The Morgan fingerprint density at radius 2 is 2.15 bits per heavy atom. The van der Waals surface area contributed by atoms with E-state index in [0.29, 0.717) is 5.71 Å². The monoisotopic (exact) mass is 236 g/mol. The molecule has 0 saturated carbocycles. The van der Waals surface area contributed by atoms with Gasteiger partial charge in [-0.25, -0.2) is 4.79 Å². The zero-order valence-corrected chi connectivity index (χ0v) is 8.15. The summed E-state index contributed by atoms with van der Waals surface area (Å²) in [7, 11) is 0. The molecule has 64 valence electrons. The van der Waals surface area contributed by atoms with E-state index in [2.05, 4.69) is 25.9 Å².